The third kappa shape index (κ3) is 3.65. The van der Waals surface area contributed by atoms with Crippen LogP contribution >= 0.6 is 0 Å². The molecule has 0 atom stereocenters. The normalized spacial score (nSPS) is 14.1. The fourth-order valence-corrected chi connectivity index (χ4v) is 3.28. The van der Waals surface area contributed by atoms with E-state index in [2.05, 4.69) is 36.2 Å². The van der Waals surface area contributed by atoms with Crippen molar-refractivity contribution in [1.29, 1.82) is 5.26 Å². The van der Waals surface area contributed by atoms with Gasteiger partial charge in [-0.05, 0) is 55.7 Å². The molecule has 5 nitrogen and oxygen atoms in total. The summed E-state index contributed by atoms with van der Waals surface area (Å²) in [6.45, 7) is 8.85. The average molecular weight is 348 g/mol. The molecule has 0 saturated carbocycles. The lowest BCUT2D eigenvalue weighted by Crippen LogP contribution is -2.50. The zero-order chi connectivity index (χ0) is 18.7. The van der Waals surface area contributed by atoms with Crippen LogP contribution in [0.1, 0.15) is 22.3 Å². The first-order valence-electron chi connectivity index (χ1n) is 8.87. The summed E-state index contributed by atoms with van der Waals surface area (Å²) in [7, 11) is 0. The van der Waals surface area contributed by atoms with Gasteiger partial charge in [-0.25, -0.2) is 4.79 Å². The number of para-hydroxylation sites is 1. The molecule has 1 heterocycles. The molecule has 1 N–H and O–H groups in total. The monoisotopic (exact) mass is 348 g/mol. The van der Waals surface area contributed by atoms with Crippen LogP contribution in [0.2, 0.25) is 0 Å². The fourth-order valence-electron chi connectivity index (χ4n) is 3.28. The summed E-state index contributed by atoms with van der Waals surface area (Å²) in [5.41, 5.74) is 5.96. The first-order chi connectivity index (χ1) is 12.5. The van der Waals surface area contributed by atoms with Crippen molar-refractivity contribution in [1.82, 2.24) is 4.90 Å². The molecule has 0 aromatic heterocycles. The van der Waals surface area contributed by atoms with Gasteiger partial charge in [-0.3, -0.25) is 0 Å². The summed E-state index contributed by atoms with van der Waals surface area (Å²) in [6.07, 6.45) is 0. The summed E-state index contributed by atoms with van der Waals surface area (Å²) in [5.74, 6) is 0. The number of amides is 2. The SMILES string of the molecule is Cc1cc(C)c(NC(=O)N2CCN(c3ccccc3C#N)CC2)cc1C. The van der Waals surface area contributed by atoms with Gasteiger partial charge in [-0.2, -0.15) is 5.26 Å². The molecule has 0 spiro atoms. The van der Waals surface area contributed by atoms with E-state index in [0.717, 1.165) is 30.0 Å². The molecule has 5 heteroatoms. The molecule has 0 radical (unpaired) electrons. The number of anilines is 2. The van der Waals surface area contributed by atoms with E-state index in [1.165, 1.54) is 11.1 Å². The van der Waals surface area contributed by atoms with E-state index in [1.807, 2.05) is 42.2 Å². The molecular weight excluding hydrogens is 324 g/mol. The van der Waals surface area contributed by atoms with Crippen LogP contribution in [0.4, 0.5) is 16.2 Å². The summed E-state index contributed by atoms with van der Waals surface area (Å²) < 4.78 is 0. The number of hydrogen-bond donors (Lipinski definition) is 1. The molecule has 134 valence electrons. The van der Waals surface area contributed by atoms with Crippen molar-refractivity contribution in [3.8, 4) is 6.07 Å². The predicted octanol–water partition coefficient (Wildman–Crippen LogP) is 3.84. The van der Waals surface area contributed by atoms with Gasteiger partial charge in [0.2, 0.25) is 0 Å². The van der Waals surface area contributed by atoms with Gasteiger partial charge in [-0.1, -0.05) is 18.2 Å². The summed E-state index contributed by atoms with van der Waals surface area (Å²) >= 11 is 0. The third-order valence-corrected chi connectivity index (χ3v) is 5.01. The zero-order valence-corrected chi connectivity index (χ0v) is 15.5. The van der Waals surface area contributed by atoms with E-state index in [9.17, 15) is 10.1 Å². The van der Waals surface area contributed by atoms with Gasteiger partial charge in [0.05, 0.1) is 11.3 Å². The van der Waals surface area contributed by atoms with Crippen LogP contribution in [0, 0.1) is 32.1 Å². The van der Waals surface area contributed by atoms with Gasteiger partial charge in [0.1, 0.15) is 6.07 Å². The fraction of sp³-hybridized carbons (Fsp3) is 0.333. The first kappa shape index (κ1) is 17.8. The molecule has 1 fully saturated rings. The number of rotatable bonds is 2. The Morgan fingerprint density at radius 3 is 2.35 bits per heavy atom. The number of nitrogens with one attached hydrogen (secondary N) is 1. The van der Waals surface area contributed by atoms with Crippen molar-refractivity contribution in [3.05, 3.63) is 58.7 Å². The summed E-state index contributed by atoms with van der Waals surface area (Å²) in [5, 5.41) is 12.3. The molecule has 0 aliphatic carbocycles. The van der Waals surface area contributed by atoms with Crippen LogP contribution in [-0.4, -0.2) is 37.1 Å². The molecule has 1 aliphatic heterocycles. The number of aryl methyl sites for hydroxylation is 3. The highest BCUT2D eigenvalue weighted by Crippen LogP contribution is 2.23. The van der Waals surface area contributed by atoms with E-state index in [0.29, 0.717) is 18.7 Å². The lowest BCUT2D eigenvalue weighted by Gasteiger charge is -2.36. The minimum atomic E-state index is -0.0652. The van der Waals surface area contributed by atoms with Crippen molar-refractivity contribution < 1.29 is 4.79 Å². The Hall–Kier alpha value is -3.00. The van der Waals surface area contributed by atoms with Gasteiger partial charge >= 0.3 is 6.03 Å². The highest BCUT2D eigenvalue weighted by Gasteiger charge is 2.23. The molecular formula is C21H24N4O. The quantitative estimate of drug-likeness (QED) is 0.897. The number of benzene rings is 2. The third-order valence-electron chi connectivity index (χ3n) is 5.01. The number of nitriles is 1. The van der Waals surface area contributed by atoms with Crippen molar-refractivity contribution in [2.24, 2.45) is 0 Å². The Labute approximate surface area is 154 Å². The lowest BCUT2D eigenvalue weighted by atomic mass is 10.1. The molecule has 1 aliphatic rings. The van der Waals surface area contributed by atoms with Crippen LogP contribution in [-0.2, 0) is 0 Å². The molecule has 0 unspecified atom stereocenters. The van der Waals surface area contributed by atoms with Gasteiger partial charge in [0.25, 0.3) is 0 Å². The number of carbonyl (C=O) groups is 1. The molecule has 2 amide bonds. The topological polar surface area (TPSA) is 59.4 Å². The second-order valence-corrected chi connectivity index (χ2v) is 6.78. The van der Waals surface area contributed by atoms with Crippen LogP contribution in [0.3, 0.4) is 0 Å². The highest BCUT2D eigenvalue weighted by atomic mass is 16.2. The number of piperazine rings is 1. The molecule has 1 saturated heterocycles. The molecule has 0 bridgehead atoms. The van der Waals surface area contributed by atoms with Crippen LogP contribution in [0.15, 0.2) is 36.4 Å². The van der Waals surface area contributed by atoms with Crippen LogP contribution in [0.5, 0.6) is 0 Å². The van der Waals surface area contributed by atoms with Crippen molar-refractivity contribution in [2.75, 3.05) is 36.4 Å². The van der Waals surface area contributed by atoms with E-state index < -0.39 is 0 Å². The number of hydrogen-bond acceptors (Lipinski definition) is 3. The Kier molecular flexibility index (Phi) is 5.13. The summed E-state index contributed by atoms with van der Waals surface area (Å²) in [6, 6.07) is 13.9. The average Bonchev–Trinajstić information content (AvgIpc) is 2.66. The van der Waals surface area contributed by atoms with Gasteiger partial charge in [-0.15, -0.1) is 0 Å². The Balaban J connectivity index is 1.64. The minimum Gasteiger partial charge on any atom is -0.367 e. The Morgan fingerprint density at radius 2 is 1.65 bits per heavy atom. The maximum atomic E-state index is 12.6. The Morgan fingerprint density at radius 1 is 1.00 bits per heavy atom. The van der Waals surface area contributed by atoms with E-state index in [-0.39, 0.29) is 6.03 Å². The molecule has 26 heavy (non-hydrogen) atoms. The van der Waals surface area contributed by atoms with Crippen molar-refractivity contribution >= 4 is 17.4 Å². The second kappa shape index (κ2) is 7.49. The maximum absolute atomic E-state index is 12.6. The number of urea groups is 1. The van der Waals surface area contributed by atoms with Crippen molar-refractivity contribution in [2.45, 2.75) is 20.8 Å². The predicted molar refractivity (Wildman–Crippen MR) is 105 cm³/mol. The maximum Gasteiger partial charge on any atom is 0.321 e. The van der Waals surface area contributed by atoms with E-state index in [1.54, 1.807) is 0 Å². The smallest absolute Gasteiger partial charge is 0.321 e. The van der Waals surface area contributed by atoms with E-state index in [4.69, 9.17) is 0 Å². The highest BCUT2D eigenvalue weighted by molar-refractivity contribution is 5.90. The molecule has 3 rings (SSSR count). The Bertz CT molecular complexity index is 861. The summed E-state index contributed by atoms with van der Waals surface area (Å²) in [4.78, 5) is 16.6. The number of carbonyl (C=O) groups excluding carboxylic acids is 1. The molecule has 2 aromatic carbocycles. The van der Waals surface area contributed by atoms with Gasteiger partial charge in [0, 0.05) is 31.9 Å². The van der Waals surface area contributed by atoms with E-state index >= 15 is 0 Å². The number of nitrogens with zero attached hydrogens (tertiary/aromatic N) is 3. The standard InChI is InChI=1S/C21H24N4O/c1-15-12-17(3)19(13-16(15)2)23-21(26)25-10-8-24(9-11-25)20-7-5-4-6-18(20)14-22/h4-7,12-13H,8-11H2,1-3H3,(H,23,26). The first-order valence-corrected chi connectivity index (χ1v) is 8.87. The lowest BCUT2D eigenvalue weighted by molar-refractivity contribution is 0.208. The van der Waals surface area contributed by atoms with Crippen molar-refractivity contribution in [3.63, 3.8) is 0 Å². The molecule has 2 aromatic rings. The zero-order valence-electron chi connectivity index (χ0n) is 15.5. The minimum absolute atomic E-state index is 0.0652. The van der Waals surface area contributed by atoms with Gasteiger partial charge < -0.3 is 15.1 Å². The van der Waals surface area contributed by atoms with Crippen LogP contribution < -0.4 is 10.2 Å². The largest absolute Gasteiger partial charge is 0.367 e. The van der Waals surface area contributed by atoms with Crippen LogP contribution in [0.25, 0.3) is 0 Å². The second-order valence-electron chi connectivity index (χ2n) is 6.78. The van der Waals surface area contributed by atoms with Gasteiger partial charge in [0.15, 0.2) is 0 Å².